The van der Waals surface area contributed by atoms with E-state index in [4.69, 9.17) is 13.3 Å². The molecule has 0 heterocycles. The molecule has 0 atom stereocenters. The predicted octanol–water partition coefficient (Wildman–Crippen LogP) is 1.85. The van der Waals surface area contributed by atoms with E-state index in [9.17, 15) is 19.2 Å². The van der Waals surface area contributed by atoms with Crippen LogP contribution in [0.5, 0.6) is 0 Å². The van der Waals surface area contributed by atoms with Gasteiger partial charge in [-0.3, -0.25) is 19.2 Å². The van der Waals surface area contributed by atoms with Gasteiger partial charge in [0, 0.05) is 19.3 Å². The smallest absolute Gasteiger partial charge is 0.455 e. The van der Waals surface area contributed by atoms with Crippen molar-refractivity contribution in [3.05, 3.63) is 12.7 Å². The number of nitrogens with two attached hydrogens (primary N) is 1. The van der Waals surface area contributed by atoms with E-state index in [1.54, 1.807) is 20.8 Å². The van der Waals surface area contributed by atoms with Crippen LogP contribution in [0.3, 0.4) is 0 Å². The Morgan fingerprint density at radius 3 is 1.33 bits per heavy atom. The fourth-order valence-corrected chi connectivity index (χ4v) is 3.78. The molecule has 138 valence electrons. The molecule has 0 aliphatic heterocycles. The number of carbonyl (C=O) groups is 4. The Morgan fingerprint density at radius 1 is 0.875 bits per heavy atom. The lowest BCUT2D eigenvalue weighted by Crippen LogP contribution is -2.50. The monoisotopic (exact) mass is 361 g/mol. The normalized spacial score (nSPS) is 9.83. The van der Waals surface area contributed by atoms with E-state index in [0.29, 0.717) is 6.42 Å². The third kappa shape index (κ3) is 11.4. The van der Waals surface area contributed by atoms with E-state index < -0.39 is 32.6 Å². The highest BCUT2D eigenvalue weighted by molar-refractivity contribution is 6.65. The van der Waals surface area contributed by atoms with Crippen LogP contribution in [0.25, 0.3) is 0 Å². The first-order valence-corrected chi connectivity index (χ1v) is 9.70. The molecule has 0 aliphatic carbocycles. The van der Waals surface area contributed by atoms with E-state index in [2.05, 4.69) is 12.3 Å². The number of carbonyl (C=O) groups excluding carboxylic acids is 4. The second-order valence-corrected chi connectivity index (χ2v) is 7.00. The molecule has 0 fully saturated rings. The summed E-state index contributed by atoms with van der Waals surface area (Å²) in [4.78, 5) is 43.9. The van der Waals surface area contributed by atoms with Crippen LogP contribution in [0.15, 0.2) is 12.7 Å². The van der Waals surface area contributed by atoms with Crippen molar-refractivity contribution in [1.29, 1.82) is 0 Å². The molecular weight excluding hydrogens is 334 g/mol. The van der Waals surface area contributed by atoms with Gasteiger partial charge in [-0.2, -0.15) is 0 Å². The summed E-state index contributed by atoms with van der Waals surface area (Å²) in [6.07, 6.45) is 2.03. The zero-order valence-corrected chi connectivity index (χ0v) is 15.8. The maximum atomic E-state index is 11.5. The number of primary amides is 1. The Labute approximate surface area is 143 Å². The summed E-state index contributed by atoms with van der Waals surface area (Å²) in [6.45, 7) is 9.79. The fourth-order valence-electron chi connectivity index (χ4n) is 1.26. The molecule has 0 unspecified atom stereocenters. The molecule has 0 bridgehead atoms. The third-order valence-electron chi connectivity index (χ3n) is 2.43. The van der Waals surface area contributed by atoms with E-state index in [1.165, 1.54) is 0 Å². The van der Waals surface area contributed by atoms with Crippen molar-refractivity contribution in [2.75, 3.05) is 0 Å². The van der Waals surface area contributed by atoms with Gasteiger partial charge in [0.1, 0.15) is 0 Å². The van der Waals surface area contributed by atoms with Crippen molar-refractivity contribution in [3.63, 3.8) is 0 Å². The molecule has 0 radical (unpaired) electrons. The predicted molar refractivity (Wildman–Crippen MR) is 89.4 cm³/mol. The van der Waals surface area contributed by atoms with Gasteiger partial charge < -0.3 is 19.0 Å². The van der Waals surface area contributed by atoms with E-state index in [-0.39, 0.29) is 25.3 Å². The first-order chi connectivity index (χ1) is 11.2. The second-order valence-electron chi connectivity index (χ2n) is 4.52. The van der Waals surface area contributed by atoms with Crippen LogP contribution in [-0.4, -0.2) is 32.6 Å². The van der Waals surface area contributed by atoms with Crippen LogP contribution in [0.1, 0.15) is 53.4 Å². The van der Waals surface area contributed by atoms with Crippen molar-refractivity contribution < 1.29 is 32.5 Å². The first-order valence-electron chi connectivity index (χ1n) is 7.77. The van der Waals surface area contributed by atoms with Crippen LogP contribution < -0.4 is 5.73 Å². The molecular formula is C15H27NO7Si. The van der Waals surface area contributed by atoms with Crippen LogP contribution >= 0.6 is 0 Å². The van der Waals surface area contributed by atoms with Gasteiger partial charge in [-0.15, -0.1) is 0 Å². The topological polar surface area (TPSA) is 122 Å². The van der Waals surface area contributed by atoms with E-state index >= 15 is 0 Å². The molecule has 24 heavy (non-hydrogen) atoms. The van der Waals surface area contributed by atoms with Gasteiger partial charge in [-0.1, -0.05) is 34.3 Å². The quantitative estimate of drug-likeness (QED) is 0.491. The molecule has 0 aromatic carbocycles. The summed E-state index contributed by atoms with van der Waals surface area (Å²) in [5.41, 5.74) is 4.53. The Bertz CT molecular complexity index is 406. The molecule has 0 spiro atoms. The second kappa shape index (κ2) is 13.3. The summed E-state index contributed by atoms with van der Waals surface area (Å²) in [6, 6.07) is 0.246. The van der Waals surface area contributed by atoms with Crippen molar-refractivity contribution in [1.82, 2.24) is 0 Å². The Balaban J connectivity index is 0. The lowest BCUT2D eigenvalue weighted by Gasteiger charge is -2.27. The van der Waals surface area contributed by atoms with Crippen LogP contribution in [0.2, 0.25) is 6.04 Å². The number of rotatable bonds is 9. The lowest BCUT2D eigenvalue weighted by molar-refractivity contribution is -0.150. The minimum absolute atomic E-state index is 0.131. The number of amides is 1. The molecule has 0 saturated heterocycles. The Hall–Kier alpha value is -2.16. The van der Waals surface area contributed by atoms with Gasteiger partial charge in [0.05, 0.1) is 6.04 Å². The van der Waals surface area contributed by atoms with Gasteiger partial charge in [0.25, 0.3) is 17.9 Å². The molecule has 0 aliphatic rings. The van der Waals surface area contributed by atoms with Gasteiger partial charge in [-0.25, -0.2) is 0 Å². The average molecular weight is 361 g/mol. The fraction of sp³-hybridized carbons (Fsp3) is 0.600. The zero-order valence-electron chi connectivity index (χ0n) is 14.8. The number of hydrogen-bond acceptors (Lipinski definition) is 7. The summed E-state index contributed by atoms with van der Waals surface area (Å²) < 4.78 is 15.6. The van der Waals surface area contributed by atoms with Crippen LogP contribution in [-0.2, 0) is 32.5 Å². The van der Waals surface area contributed by atoms with E-state index in [0.717, 1.165) is 6.08 Å². The van der Waals surface area contributed by atoms with Crippen LogP contribution in [0, 0.1) is 0 Å². The minimum atomic E-state index is -3.60. The van der Waals surface area contributed by atoms with E-state index in [1.807, 2.05) is 6.92 Å². The highest BCUT2D eigenvalue weighted by Gasteiger charge is 2.51. The maximum absolute atomic E-state index is 11.5. The van der Waals surface area contributed by atoms with Crippen LogP contribution in [0.4, 0.5) is 0 Å². The highest BCUT2D eigenvalue weighted by atomic mass is 28.4. The molecule has 0 rings (SSSR count). The molecule has 9 heteroatoms. The van der Waals surface area contributed by atoms with Gasteiger partial charge in [-0.05, 0) is 12.5 Å². The SMILES string of the molecule is C=CC(N)=O.CCC[Si](OC(=O)CC)(OC(=O)CC)OC(=O)CC. The molecule has 0 saturated carbocycles. The standard InChI is InChI=1S/C12H22O6Si.C3H5NO/c1-5-9-19(16-10(13)6-2,17-11(14)7-3)18-12(15)8-4;1-2-3(4)5/h5-9H2,1-4H3;2H,1H2,(H2,4,5). The molecule has 0 aromatic rings. The Kier molecular flexibility index (Phi) is 13.3. The molecule has 1 amide bonds. The third-order valence-corrected chi connectivity index (χ3v) is 5.16. The summed E-state index contributed by atoms with van der Waals surface area (Å²) in [7, 11) is -3.60. The van der Waals surface area contributed by atoms with Gasteiger partial charge >= 0.3 is 8.80 Å². The lowest BCUT2D eigenvalue weighted by atomic mass is 10.5. The first kappa shape index (κ1) is 24.1. The largest absolute Gasteiger partial charge is 0.705 e. The van der Waals surface area contributed by atoms with Gasteiger partial charge in [0.15, 0.2) is 0 Å². The summed E-state index contributed by atoms with van der Waals surface area (Å²) in [5, 5.41) is 0. The maximum Gasteiger partial charge on any atom is 0.705 e. The summed E-state index contributed by atoms with van der Waals surface area (Å²) in [5.74, 6) is -2.08. The van der Waals surface area contributed by atoms with Crippen molar-refractivity contribution in [3.8, 4) is 0 Å². The molecule has 2 N–H and O–H groups in total. The number of hydrogen-bond donors (Lipinski definition) is 1. The minimum Gasteiger partial charge on any atom is -0.455 e. The summed E-state index contributed by atoms with van der Waals surface area (Å²) >= 11 is 0. The Morgan fingerprint density at radius 2 is 1.17 bits per heavy atom. The van der Waals surface area contributed by atoms with Crippen molar-refractivity contribution in [2.45, 2.75) is 59.4 Å². The van der Waals surface area contributed by atoms with Crippen molar-refractivity contribution >= 4 is 32.6 Å². The molecule has 8 nitrogen and oxygen atoms in total. The van der Waals surface area contributed by atoms with Crippen molar-refractivity contribution in [2.24, 2.45) is 5.73 Å². The zero-order chi connectivity index (χ0) is 19.2. The van der Waals surface area contributed by atoms with Gasteiger partial charge in [0.2, 0.25) is 5.91 Å². The average Bonchev–Trinajstić information content (AvgIpc) is 2.54. The molecule has 0 aromatic heterocycles. The highest BCUT2D eigenvalue weighted by Crippen LogP contribution is 2.20.